The van der Waals surface area contributed by atoms with Gasteiger partial charge in [-0.05, 0) is 35.2 Å². The molecule has 3 aromatic rings. The van der Waals surface area contributed by atoms with Crippen LogP contribution in [-0.4, -0.2) is 4.98 Å². The van der Waals surface area contributed by atoms with E-state index in [1.54, 1.807) is 12.1 Å². The Morgan fingerprint density at radius 1 is 1.16 bits per heavy atom. The maximum absolute atomic E-state index is 13.3. The first-order valence-corrected chi connectivity index (χ1v) is 6.36. The van der Waals surface area contributed by atoms with E-state index in [1.165, 1.54) is 11.5 Å². The monoisotopic (exact) mass is 274 g/mol. The van der Waals surface area contributed by atoms with E-state index >= 15 is 0 Å². The van der Waals surface area contributed by atoms with Gasteiger partial charge in [0.1, 0.15) is 5.82 Å². The molecule has 1 heterocycles. The largest absolute Gasteiger partial charge is 0.381 e. The lowest BCUT2D eigenvalue weighted by molar-refractivity contribution is 0.628. The number of hydrogen-bond acceptors (Lipinski definition) is 1. The first-order chi connectivity index (χ1) is 9.24. The molecule has 0 bridgehead atoms. The minimum absolute atomic E-state index is 0.136. The summed E-state index contributed by atoms with van der Waals surface area (Å²) in [4.78, 5) is 3.21. The molecular weight excluding hydrogens is 263 g/mol. The average Bonchev–Trinajstić information content (AvgIpc) is 2.89. The summed E-state index contributed by atoms with van der Waals surface area (Å²) in [5.74, 6) is -0.412. The first kappa shape index (κ1) is 12.1. The van der Waals surface area contributed by atoms with Crippen molar-refractivity contribution in [2.24, 2.45) is 0 Å². The molecule has 3 rings (SSSR count). The minimum Gasteiger partial charge on any atom is -0.381 e. The molecule has 2 aromatic carbocycles. The van der Waals surface area contributed by atoms with Crippen molar-refractivity contribution < 1.29 is 4.39 Å². The Balaban J connectivity index is 1.82. The van der Waals surface area contributed by atoms with Crippen molar-refractivity contribution in [3.05, 3.63) is 65.1 Å². The van der Waals surface area contributed by atoms with Gasteiger partial charge in [-0.25, -0.2) is 4.39 Å². The maximum Gasteiger partial charge on any atom is 0.143 e. The molecule has 2 nitrogen and oxygen atoms in total. The number of halogens is 2. The molecule has 2 N–H and O–H groups in total. The van der Waals surface area contributed by atoms with Crippen LogP contribution >= 0.6 is 11.6 Å². The fourth-order valence-corrected chi connectivity index (χ4v) is 2.22. The second-order valence-electron chi connectivity index (χ2n) is 4.34. The number of benzene rings is 2. The summed E-state index contributed by atoms with van der Waals surface area (Å²) >= 11 is 5.65. The molecule has 0 saturated heterocycles. The van der Waals surface area contributed by atoms with Crippen molar-refractivity contribution in [1.29, 1.82) is 0 Å². The van der Waals surface area contributed by atoms with Crippen LogP contribution in [0.3, 0.4) is 0 Å². The van der Waals surface area contributed by atoms with Crippen molar-refractivity contribution in [2.45, 2.75) is 6.54 Å². The van der Waals surface area contributed by atoms with Crippen molar-refractivity contribution in [1.82, 2.24) is 4.98 Å². The molecule has 0 atom stereocenters. The number of anilines is 1. The SMILES string of the molecule is Fc1cc(NCc2cccc3cc[nH]c23)ccc1Cl. The Bertz CT molecular complexity index is 721. The lowest BCUT2D eigenvalue weighted by atomic mass is 10.1. The number of H-pyrrole nitrogens is 1. The molecule has 0 saturated carbocycles. The van der Waals surface area contributed by atoms with Crippen molar-refractivity contribution in [3.8, 4) is 0 Å². The van der Waals surface area contributed by atoms with E-state index in [0.717, 1.165) is 11.1 Å². The Kier molecular flexibility index (Phi) is 3.13. The summed E-state index contributed by atoms with van der Waals surface area (Å²) in [6.07, 6.45) is 1.91. The number of nitrogens with one attached hydrogen (secondary N) is 2. The summed E-state index contributed by atoms with van der Waals surface area (Å²) < 4.78 is 13.3. The standard InChI is InChI=1S/C15H12ClFN2/c16-13-5-4-12(8-14(13)17)19-9-11-3-1-2-10-6-7-18-15(10)11/h1-8,18-19H,9H2. The van der Waals surface area contributed by atoms with Crippen LogP contribution in [0.2, 0.25) is 5.02 Å². The molecule has 0 aliphatic heterocycles. The summed E-state index contributed by atoms with van der Waals surface area (Å²) in [5, 5.41) is 4.50. The van der Waals surface area contributed by atoms with E-state index in [2.05, 4.69) is 16.4 Å². The summed E-state index contributed by atoms with van der Waals surface area (Å²) in [6.45, 7) is 0.624. The molecule has 0 radical (unpaired) electrons. The Labute approximate surface area is 115 Å². The molecule has 0 aliphatic carbocycles. The van der Waals surface area contributed by atoms with Gasteiger partial charge in [-0.15, -0.1) is 0 Å². The van der Waals surface area contributed by atoms with Gasteiger partial charge >= 0.3 is 0 Å². The molecule has 0 spiro atoms. The number of rotatable bonds is 3. The second-order valence-corrected chi connectivity index (χ2v) is 4.75. The predicted molar refractivity (Wildman–Crippen MR) is 77.0 cm³/mol. The van der Waals surface area contributed by atoms with Crippen LogP contribution < -0.4 is 5.32 Å². The van der Waals surface area contributed by atoms with Gasteiger partial charge in [0.2, 0.25) is 0 Å². The Hall–Kier alpha value is -2.00. The number of aromatic amines is 1. The Morgan fingerprint density at radius 3 is 2.89 bits per heavy atom. The zero-order valence-corrected chi connectivity index (χ0v) is 10.8. The van der Waals surface area contributed by atoms with Crippen molar-refractivity contribution in [2.75, 3.05) is 5.32 Å². The van der Waals surface area contributed by atoms with E-state index in [1.807, 2.05) is 24.4 Å². The van der Waals surface area contributed by atoms with Gasteiger partial charge in [0.25, 0.3) is 0 Å². The number of hydrogen-bond donors (Lipinski definition) is 2. The predicted octanol–water partition coefficient (Wildman–Crippen LogP) is 4.57. The highest BCUT2D eigenvalue weighted by molar-refractivity contribution is 6.30. The van der Waals surface area contributed by atoms with E-state index < -0.39 is 5.82 Å². The van der Waals surface area contributed by atoms with Crippen LogP contribution in [0.15, 0.2) is 48.7 Å². The fraction of sp³-hybridized carbons (Fsp3) is 0.0667. The third-order valence-corrected chi connectivity index (χ3v) is 3.38. The van der Waals surface area contributed by atoms with Gasteiger partial charge in [0.15, 0.2) is 0 Å². The van der Waals surface area contributed by atoms with Crippen molar-refractivity contribution in [3.63, 3.8) is 0 Å². The van der Waals surface area contributed by atoms with Gasteiger partial charge in [-0.2, -0.15) is 0 Å². The van der Waals surface area contributed by atoms with Gasteiger partial charge in [0.05, 0.1) is 10.5 Å². The molecule has 0 fully saturated rings. The van der Waals surface area contributed by atoms with Crippen LogP contribution in [0.1, 0.15) is 5.56 Å². The summed E-state index contributed by atoms with van der Waals surface area (Å²) in [6, 6.07) is 12.8. The van der Waals surface area contributed by atoms with E-state index in [-0.39, 0.29) is 5.02 Å². The lowest BCUT2D eigenvalue weighted by Gasteiger charge is -2.08. The fourth-order valence-electron chi connectivity index (χ4n) is 2.10. The third kappa shape index (κ3) is 2.42. The molecule has 1 aromatic heterocycles. The van der Waals surface area contributed by atoms with E-state index in [9.17, 15) is 4.39 Å². The highest BCUT2D eigenvalue weighted by Crippen LogP contribution is 2.21. The molecule has 0 unspecified atom stereocenters. The number of fused-ring (bicyclic) bond motifs is 1. The van der Waals surface area contributed by atoms with Crippen LogP contribution in [0, 0.1) is 5.82 Å². The summed E-state index contributed by atoms with van der Waals surface area (Å²) in [7, 11) is 0. The average molecular weight is 275 g/mol. The first-order valence-electron chi connectivity index (χ1n) is 5.98. The molecule has 96 valence electrons. The zero-order valence-electron chi connectivity index (χ0n) is 10.1. The lowest BCUT2D eigenvalue weighted by Crippen LogP contribution is -2.00. The Morgan fingerprint density at radius 2 is 2.05 bits per heavy atom. The van der Waals surface area contributed by atoms with Crippen LogP contribution in [0.5, 0.6) is 0 Å². The van der Waals surface area contributed by atoms with E-state index in [0.29, 0.717) is 12.2 Å². The highest BCUT2D eigenvalue weighted by Gasteiger charge is 2.03. The maximum atomic E-state index is 13.3. The smallest absolute Gasteiger partial charge is 0.143 e. The molecule has 4 heteroatoms. The second kappa shape index (κ2) is 4.94. The van der Waals surface area contributed by atoms with E-state index in [4.69, 9.17) is 11.6 Å². The third-order valence-electron chi connectivity index (χ3n) is 3.08. The van der Waals surface area contributed by atoms with Gasteiger partial charge in [-0.3, -0.25) is 0 Å². The molecule has 19 heavy (non-hydrogen) atoms. The normalized spacial score (nSPS) is 10.8. The van der Waals surface area contributed by atoms with Crippen LogP contribution in [0.25, 0.3) is 10.9 Å². The quantitative estimate of drug-likeness (QED) is 0.719. The number of para-hydroxylation sites is 1. The van der Waals surface area contributed by atoms with Gasteiger partial charge in [0, 0.05) is 18.4 Å². The highest BCUT2D eigenvalue weighted by atomic mass is 35.5. The van der Waals surface area contributed by atoms with Gasteiger partial charge < -0.3 is 10.3 Å². The van der Waals surface area contributed by atoms with Crippen LogP contribution in [0.4, 0.5) is 10.1 Å². The molecule has 0 amide bonds. The van der Waals surface area contributed by atoms with Crippen LogP contribution in [-0.2, 0) is 6.54 Å². The topological polar surface area (TPSA) is 27.8 Å². The zero-order chi connectivity index (χ0) is 13.2. The van der Waals surface area contributed by atoms with Crippen molar-refractivity contribution >= 4 is 28.2 Å². The molecule has 0 aliphatic rings. The number of aromatic nitrogens is 1. The minimum atomic E-state index is -0.412. The summed E-state index contributed by atoms with van der Waals surface area (Å²) in [5.41, 5.74) is 2.95. The molecular formula is C15H12ClFN2. The van der Waals surface area contributed by atoms with Gasteiger partial charge in [-0.1, -0.05) is 29.8 Å².